The highest BCUT2D eigenvalue weighted by molar-refractivity contribution is 7.89. The fourth-order valence-electron chi connectivity index (χ4n) is 3.31. The minimum Gasteiger partial charge on any atom is -0.435 e. The Morgan fingerprint density at radius 2 is 1.83 bits per heavy atom. The van der Waals surface area contributed by atoms with E-state index < -0.39 is 46.6 Å². The molecular weight excluding hydrogens is 510 g/mol. The summed E-state index contributed by atoms with van der Waals surface area (Å²) in [5.41, 5.74) is -1.30. The first-order chi connectivity index (χ1) is 16.3. The van der Waals surface area contributed by atoms with E-state index in [0.717, 1.165) is 10.4 Å². The average Bonchev–Trinajstić information content (AvgIpc) is 2.99. The van der Waals surface area contributed by atoms with Crippen LogP contribution in [0.2, 0.25) is 5.02 Å². The number of anilines is 1. The van der Waals surface area contributed by atoms with E-state index in [2.05, 4.69) is 15.4 Å². The predicted octanol–water partition coefficient (Wildman–Crippen LogP) is 2.60. The molecule has 0 spiro atoms. The van der Waals surface area contributed by atoms with Gasteiger partial charge in [0.25, 0.3) is 5.91 Å². The molecule has 1 unspecified atom stereocenters. The first-order valence-electron chi connectivity index (χ1n) is 9.97. The molecule has 4 amide bonds. The van der Waals surface area contributed by atoms with Gasteiger partial charge in [-0.2, -0.15) is 8.78 Å². The van der Waals surface area contributed by atoms with Crippen LogP contribution < -0.4 is 15.4 Å². The predicted molar refractivity (Wildman–Crippen MR) is 122 cm³/mol. The van der Waals surface area contributed by atoms with Crippen molar-refractivity contribution in [1.82, 2.24) is 14.5 Å². The lowest BCUT2D eigenvalue weighted by Gasteiger charge is -2.22. The van der Waals surface area contributed by atoms with Crippen LogP contribution in [0.3, 0.4) is 0 Å². The summed E-state index contributed by atoms with van der Waals surface area (Å²) in [6.45, 7) is -2.30. The third kappa shape index (κ3) is 5.36. The van der Waals surface area contributed by atoms with Crippen molar-refractivity contribution in [2.75, 3.05) is 26.0 Å². The molecule has 188 valence electrons. The van der Waals surface area contributed by atoms with Crippen molar-refractivity contribution < 1.29 is 36.3 Å². The van der Waals surface area contributed by atoms with Gasteiger partial charge in [0.1, 0.15) is 17.8 Å². The number of nitrogens with one attached hydrogen (secondary N) is 2. The second kappa shape index (κ2) is 9.76. The van der Waals surface area contributed by atoms with E-state index in [0.29, 0.717) is 4.90 Å². The molecule has 0 bridgehead atoms. The van der Waals surface area contributed by atoms with Gasteiger partial charge in [-0.25, -0.2) is 17.5 Å². The Bertz CT molecular complexity index is 1270. The fraction of sp³-hybridized carbons (Fsp3) is 0.286. The largest absolute Gasteiger partial charge is 0.435 e. The van der Waals surface area contributed by atoms with Crippen molar-refractivity contribution in [3.63, 3.8) is 0 Å². The third-order valence-corrected chi connectivity index (χ3v) is 7.36. The second-order valence-electron chi connectivity index (χ2n) is 7.83. The van der Waals surface area contributed by atoms with Crippen LogP contribution in [-0.4, -0.2) is 62.7 Å². The number of benzene rings is 2. The van der Waals surface area contributed by atoms with Gasteiger partial charge in [0.15, 0.2) is 0 Å². The van der Waals surface area contributed by atoms with E-state index in [1.807, 2.05) is 0 Å². The number of halogens is 3. The van der Waals surface area contributed by atoms with Crippen molar-refractivity contribution in [3.8, 4) is 5.75 Å². The highest BCUT2D eigenvalue weighted by Gasteiger charge is 2.49. The van der Waals surface area contributed by atoms with Crippen molar-refractivity contribution in [3.05, 3.63) is 53.1 Å². The monoisotopic (exact) mass is 530 g/mol. The van der Waals surface area contributed by atoms with Gasteiger partial charge in [0, 0.05) is 14.1 Å². The molecule has 3 rings (SSSR count). The summed E-state index contributed by atoms with van der Waals surface area (Å²) in [5, 5.41) is 4.94. The number of urea groups is 1. The lowest BCUT2D eigenvalue weighted by atomic mass is 9.92. The van der Waals surface area contributed by atoms with Gasteiger partial charge in [-0.3, -0.25) is 14.5 Å². The van der Waals surface area contributed by atoms with Crippen LogP contribution in [0.1, 0.15) is 12.5 Å². The van der Waals surface area contributed by atoms with Crippen LogP contribution in [0.4, 0.5) is 19.3 Å². The summed E-state index contributed by atoms with van der Waals surface area (Å²) in [6, 6.07) is 8.00. The zero-order valence-corrected chi connectivity index (χ0v) is 20.3. The Labute approximate surface area is 204 Å². The number of carbonyl (C=O) groups is 3. The number of carbonyl (C=O) groups excluding carboxylic acids is 3. The fourth-order valence-corrected chi connectivity index (χ4v) is 4.40. The Kier molecular flexibility index (Phi) is 7.34. The smallest absolute Gasteiger partial charge is 0.387 e. The normalized spacial score (nSPS) is 18.2. The molecular formula is C21H21ClF2N4O6S. The maximum absolute atomic E-state index is 13.0. The Morgan fingerprint density at radius 1 is 1.20 bits per heavy atom. The lowest BCUT2D eigenvalue weighted by molar-refractivity contribution is -0.133. The summed E-state index contributed by atoms with van der Waals surface area (Å²) < 4.78 is 54.7. The van der Waals surface area contributed by atoms with Crippen LogP contribution in [0.5, 0.6) is 5.75 Å². The first kappa shape index (κ1) is 26.3. The van der Waals surface area contributed by atoms with Gasteiger partial charge in [-0.05, 0) is 42.8 Å². The molecule has 0 aromatic heterocycles. The van der Waals surface area contributed by atoms with Crippen molar-refractivity contribution in [1.29, 1.82) is 0 Å². The number of sulfonamides is 1. The highest BCUT2D eigenvalue weighted by Crippen LogP contribution is 2.31. The molecule has 1 saturated heterocycles. The third-order valence-electron chi connectivity index (χ3n) is 5.22. The van der Waals surface area contributed by atoms with Crippen LogP contribution in [0.25, 0.3) is 0 Å². The number of amides is 4. The maximum Gasteiger partial charge on any atom is 0.387 e. The molecule has 1 aliphatic heterocycles. The maximum atomic E-state index is 13.0. The van der Waals surface area contributed by atoms with Crippen LogP contribution in [0, 0.1) is 0 Å². The Morgan fingerprint density at radius 3 is 2.40 bits per heavy atom. The number of ether oxygens (including phenoxy) is 1. The summed E-state index contributed by atoms with van der Waals surface area (Å²) in [7, 11) is -1.12. The number of imide groups is 1. The number of rotatable bonds is 8. The molecule has 0 aliphatic carbocycles. The van der Waals surface area contributed by atoms with E-state index >= 15 is 0 Å². The van der Waals surface area contributed by atoms with Gasteiger partial charge in [-0.15, -0.1) is 0 Å². The van der Waals surface area contributed by atoms with Crippen molar-refractivity contribution >= 4 is 45.2 Å². The van der Waals surface area contributed by atoms with Gasteiger partial charge in [0.05, 0.1) is 15.6 Å². The molecule has 10 nitrogen and oxygen atoms in total. The molecule has 0 radical (unpaired) electrons. The van der Waals surface area contributed by atoms with E-state index in [1.165, 1.54) is 57.4 Å². The molecule has 1 atom stereocenters. The molecule has 1 fully saturated rings. The van der Waals surface area contributed by atoms with E-state index in [9.17, 15) is 31.6 Å². The summed E-state index contributed by atoms with van der Waals surface area (Å²) in [5.74, 6) is -1.69. The molecule has 14 heteroatoms. The Hall–Kier alpha value is -3.29. The number of alkyl halides is 2. The van der Waals surface area contributed by atoms with E-state index in [4.69, 9.17) is 11.6 Å². The van der Waals surface area contributed by atoms with Gasteiger partial charge < -0.3 is 15.4 Å². The average molecular weight is 531 g/mol. The molecule has 2 N–H and O–H groups in total. The van der Waals surface area contributed by atoms with Gasteiger partial charge >= 0.3 is 12.6 Å². The van der Waals surface area contributed by atoms with Gasteiger partial charge in [0.2, 0.25) is 15.9 Å². The van der Waals surface area contributed by atoms with Crippen molar-refractivity contribution in [2.24, 2.45) is 0 Å². The zero-order chi connectivity index (χ0) is 26.1. The minimum absolute atomic E-state index is 0.0240. The highest BCUT2D eigenvalue weighted by atomic mass is 35.5. The topological polar surface area (TPSA) is 125 Å². The molecule has 2 aromatic carbocycles. The summed E-state index contributed by atoms with van der Waals surface area (Å²) in [6.07, 6.45) is 0. The Balaban J connectivity index is 1.76. The van der Waals surface area contributed by atoms with E-state index in [1.54, 1.807) is 0 Å². The first-order valence-corrected chi connectivity index (χ1v) is 11.8. The molecule has 35 heavy (non-hydrogen) atoms. The van der Waals surface area contributed by atoms with Crippen LogP contribution in [0.15, 0.2) is 47.4 Å². The number of nitrogens with zero attached hydrogens (tertiary/aromatic N) is 2. The van der Waals surface area contributed by atoms with Crippen molar-refractivity contribution in [2.45, 2.75) is 24.0 Å². The summed E-state index contributed by atoms with van der Waals surface area (Å²) >= 11 is 6.07. The zero-order valence-electron chi connectivity index (χ0n) is 18.7. The lowest BCUT2D eigenvalue weighted by Crippen LogP contribution is -2.42. The molecule has 2 aromatic rings. The van der Waals surface area contributed by atoms with Crippen LogP contribution >= 0.6 is 11.6 Å². The standard InChI is InChI=1S/C21H21ClF2N4O6S/c1-21(12-4-6-13(7-5-12)34-19(23)24)18(30)28(20(31)26-21)11-17(29)25-16-10-14(8-9-15(16)22)35(32,33)27(2)3/h4-10,19H,11H2,1-3H3,(H,25,29)(H,26,31). The second-order valence-corrected chi connectivity index (χ2v) is 10.4. The minimum atomic E-state index is -3.80. The molecule has 1 aliphatic rings. The van der Waals surface area contributed by atoms with E-state index in [-0.39, 0.29) is 26.9 Å². The molecule has 0 saturated carbocycles. The molecule has 1 heterocycles. The summed E-state index contributed by atoms with van der Waals surface area (Å²) in [4.78, 5) is 38.7. The number of hydrogen-bond donors (Lipinski definition) is 2. The quantitative estimate of drug-likeness (QED) is 0.505. The SMILES string of the molecule is CN(C)S(=O)(=O)c1ccc(Cl)c(NC(=O)CN2C(=O)NC(C)(c3ccc(OC(F)F)cc3)C2=O)c1. The van der Waals surface area contributed by atoms with Gasteiger partial charge in [-0.1, -0.05) is 23.7 Å². The van der Waals surface area contributed by atoms with Crippen LogP contribution in [-0.2, 0) is 25.2 Å². The number of hydrogen-bond acceptors (Lipinski definition) is 6.